The van der Waals surface area contributed by atoms with Crippen LogP contribution in [0.5, 0.6) is 0 Å². The average molecular weight is 188 g/mol. The summed E-state index contributed by atoms with van der Waals surface area (Å²) in [6, 6.07) is 0. The molecule has 0 N–H and O–H groups in total. The topological polar surface area (TPSA) is 0 Å². The summed E-state index contributed by atoms with van der Waals surface area (Å²) in [5.74, 6) is 0. The van der Waals surface area contributed by atoms with Crippen LogP contribution in [0.25, 0.3) is 0 Å². The van der Waals surface area contributed by atoms with Crippen LogP contribution in [0.2, 0.25) is 0 Å². The van der Waals surface area contributed by atoms with Gasteiger partial charge in [0.05, 0.1) is 0 Å². The zero-order chi connectivity index (χ0) is 9.90. The van der Waals surface area contributed by atoms with E-state index in [4.69, 9.17) is 0 Å². The number of hydrogen-bond acceptors (Lipinski definition) is 0. The summed E-state index contributed by atoms with van der Waals surface area (Å²) in [4.78, 5) is 0. The van der Waals surface area contributed by atoms with Crippen LogP contribution in [0.1, 0.15) is 38.5 Å². The van der Waals surface area contributed by atoms with Crippen LogP contribution in [-0.2, 0) is 0 Å². The van der Waals surface area contributed by atoms with Gasteiger partial charge in [-0.1, -0.05) is 48.6 Å². The van der Waals surface area contributed by atoms with Crippen molar-refractivity contribution in [1.82, 2.24) is 0 Å². The summed E-state index contributed by atoms with van der Waals surface area (Å²) in [5, 5.41) is 0. The molecule has 0 spiro atoms. The molecule has 0 atom stereocenters. The van der Waals surface area contributed by atoms with Gasteiger partial charge in [0.1, 0.15) is 0 Å². The van der Waals surface area contributed by atoms with E-state index >= 15 is 0 Å². The molecule has 0 nitrogen and oxygen atoms in total. The maximum atomic E-state index is 2.30. The average Bonchev–Trinajstić information content (AvgIpc) is 2.22. The third-order valence-electron chi connectivity index (χ3n) is 2.25. The predicted molar refractivity (Wildman–Crippen MR) is 64.3 cm³/mol. The van der Waals surface area contributed by atoms with Gasteiger partial charge in [0.25, 0.3) is 0 Å². The van der Waals surface area contributed by atoms with Gasteiger partial charge in [0.2, 0.25) is 0 Å². The second kappa shape index (κ2) is 8.55. The van der Waals surface area contributed by atoms with Crippen molar-refractivity contribution in [1.29, 1.82) is 0 Å². The molecule has 0 unspecified atom stereocenters. The SMILES string of the molecule is C1=C\C/C=C\CCCC/C=C\C\C=C/1. The number of allylic oxidation sites excluding steroid dienone is 8. The molecule has 0 radical (unpaired) electrons. The zero-order valence-corrected chi connectivity index (χ0v) is 8.86. The fourth-order valence-electron chi connectivity index (χ4n) is 1.42. The summed E-state index contributed by atoms with van der Waals surface area (Å²) in [6.07, 6.45) is 25.0. The minimum Gasteiger partial charge on any atom is -0.0882 e. The quantitative estimate of drug-likeness (QED) is 0.489. The molecule has 0 amide bonds. The summed E-state index contributed by atoms with van der Waals surface area (Å²) in [6.45, 7) is 0. The highest BCUT2D eigenvalue weighted by atomic mass is 13.9. The highest BCUT2D eigenvalue weighted by Crippen LogP contribution is 2.03. The van der Waals surface area contributed by atoms with Gasteiger partial charge in [0, 0.05) is 0 Å². The van der Waals surface area contributed by atoms with Gasteiger partial charge in [-0.3, -0.25) is 0 Å². The molecule has 0 heterocycles. The van der Waals surface area contributed by atoms with E-state index in [1.807, 2.05) is 0 Å². The number of hydrogen-bond donors (Lipinski definition) is 0. The normalized spacial score (nSPS) is 28.6. The lowest BCUT2D eigenvalue weighted by Crippen LogP contribution is -1.73. The van der Waals surface area contributed by atoms with E-state index in [1.165, 1.54) is 25.7 Å². The Kier molecular flexibility index (Phi) is 6.74. The monoisotopic (exact) mass is 188 g/mol. The molecule has 0 aromatic carbocycles. The molecular formula is C14H20. The van der Waals surface area contributed by atoms with Gasteiger partial charge in [-0.2, -0.15) is 0 Å². The molecule has 14 heavy (non-hydrogen) atoms. The molecule has 1 aliphatic rings. The Labute approximate surface area is 87.7 Å². The summed E-state index contributed by atoms with van der Waals surface area (Å²) < 4.78 is 0. The van der Waals surface area contributed by atoms with Crippen molar-refractivity contribution in [3.05, 3.63) is 48.6 Å². The van der Waals surface area contributed by atoms with Gasteiger partial charge < -0.3 is 0 Å². The first-order chi connectivity index (χ1) is 7.00. The molecule has 1 rings (SSSR count). The van der Waals surface area contributed by atoms with Crippen molar-refractivity contribution in [2.45, 2.75) is 38.5 Å². The smallest absolute Gasteiger partial charge is 0.0166 e. The molecule has 0 aromatic rings. The van der Waals surface area contributed by atoms with E-state index in [0.717, 1.165) is 12.8 Å². The summed E-state index contributed by atoms with van der Waals surface area (Å²) in [7, 11) is 0. The first-order valence-electron chi connectivity index (χ1n) is 5.62. The molecule has 0 fully saturated rings. The lowest BCUT2D eigenvalue weighted by Gasteiger charge is -1.93. The second-order valence-electron chi connectivity index (χ2n) is 3.55. The zero-order valence-electron chi connectivity index (χ0n) is 8.86. The fourth-order valence-corrected chi connectivity index (χ4v) is 1.42. The van der Waals surface area contributed by atoms with Crippen LogP contribution in [-0.4, -0.2) is 0 Å². The minimum absolute atomic E-state index is 1.07. The Bertz CT molecular complexity index is 202. The van der Waals surface area contributed by atoms with Crippen molar-refractivity contribution in [3.8, 4) is 0 Å². The lowest BCUT2D eigenvalue weighted by molar-refractivity contribution is 0.760. The summed E-state index contributed by atoms with van der Waals surface area (Å²) >= 11 is 0. The molecule has 0 saturated heterocycles. The Morgan fingerprint density at radius 2 is 1.00 bits per heavy atom. The first kappa shape index (κ1) is 11.0. The Balaban J connectivity index is 2.35. The van der Waals surface area contributed by atoms with Crippen molar-refractivity contribution < 1.29 is 0 Å². The standard InChI is InChI=1S/C14H20/c1-2-4-6-8-10-12-14-13-11-9-7-5-3-1/h1-4,7-10H,5-6,11-14H2/b3-1-,4-2-,9-7-,10-8-. The molecule has 76 valence electrons. The predicted octanol–water partition coefficient (Wildman–Crippen LogP) is 4.57. The van der Waals surface area contributed by atoms with E-state index in [9.17, 15) is 0 Å². The van der Waals surface area contributed by atoms with Gasteiger partial charge >= 0.3 is 0 Å². The molecule has 0 heteroatoms. The van der Waals surface area contributed by atoms with Gasteiger partial charge in [-0.25, -0.2) is 0 Å². The largest absolute Gasteiger partial charge is 0.0882 e. The molecular weight excluding hydrogens is 168 g/mol. The maximum absolute atomic E-state index is 2.30. The molecule has 1 aliphatic carbocycles. The molecule has 0 bridgehead atoms. The Morgan fingerprint density at radius 1 is 0.500 bits per heavy atom. The minimum atomic E-state index is 1.07. The fraction of sp³-hybridized carbons (Fsp3) is 0.429. The van der Waals surface area contributed by atoms with Crippen LogP contribution in [0, 0.1) is 0 Å². The van der Waals surface area contributed by atoms with Crippen molar-refractivity contribution in [2.24, 2.45) is 0 Å². The van der Waals surface area contributed by atoms with Gasteiger partial charge in [-0.05, 0) is 38.5 Å². The Hall–Kier alpha value is -1.04. The van der Waals surface area contributed by atoms with Crippen LogP contribution >= 0.6 is 0 Å². The highest BCUT2D eigenvalue weighted by molar-refractivity contribution is 5.06. The van der Waals surface area contributed by atoms with Crippen molar-refractivity contribution in [3.63, 3.8) is 0 Å². The lowest BCUT2D eigenvalue weighted by atomic mass is 10.1. The van der Waals surface area contributed by atoms with E-state index in [0.29, 0.717) is 0 Å². The molecule has 0 saturated carbocycles. The van der Waals surface area contributed by atoms with E-state index in [1.54, 1.807) is 0 Å². The summed E-state index contributed by atoms with van der Waals surface area (Å²) in [5.41, 5.74) is 0. The number of rotatable bonds is 0. The second-order valence-corrected chi connectivity index (χ2v) is 3.55. The molecule has 0 aliphatic heterocycles. The maximum Gasteiger partial charge on any atom is -0.0166 e. The third-order valence-corrected chi connectivity index (χ3v) is 2.25. The van der Waals surface area contributed by atoms with Crippen molar-refractivity contribution >= 4 is 0 Å². The van der Waals surface area contributed by atoms with Crippen LogP contribution < -0.4 is 0 Å². The van der Waals surface area contributed by atoms with Gasteiger partial charge in [-0.15, -0.1) is 0 Å². The Morgan fingerprint density at radius 3 is 1.50 bits per heavy atom. The molecule has 0 aromatic heterocycles. The van der Waals surface area contributed by atoms with Crippen molar-refractivity contribution in [2.75, 3.05) is 0 Å². The van der Waals surface area contributed by atoms with Crippen LogP contribution in [0.3, 0.4) is 0 Å². The third kappa shape index (κ3) is 6.47. The van der Waals surface area contributed by atoms with Gasteiger partial charge in [0.15, 0.2) is 0 Å². The van der Waals surface area contributed by atoms with E-state index in [2.05, 4.69) is 48.6 Å². The highest BCUT2D eigenvalue weighted by Gasteiger charge is 1.83. The van der Waals surface area contributed by atoms with Crippen LogP contribution in [0.4, 0.5) is 0 Å². The van der Waals surface area contributed by atoms with Crippen LogP contribution in [0.15, 0.2) is 48.6 Å². The van der Waals surface area contributed by atoms with E-state index in [-0.39, 0.29) is 0 Å². The first-order valence-corrected chi connectivity index (χ1v) is 5.62. The van der Waals surface area contributed by atoms with E-state index < -0.39 is 0 Å².